The third-order valence-corrected chi connectivity index (χ3v) is 7.02. The molecule has 0 saturated heterocycles. The number of hydrogen-bond acceptors (Lipinski definition) is 6. The molecule has 0 unspecified atom stereocenters. The molecule has 0 saturated carbocycles. The maximum Gasteiger partial charge on any atom is 0.255 e. The number of ether oxygens (including phenoxy) is 1. The van der Waals surface area contributed by atoms with Crippen molar-refractivity contribution in [2.45, 2.75) is 11.3 Å². The van der Waals surface area contributed by atoms with E-state index in [9.17, 15) is 9.59 Å². The molecule has 1 aromatic heterocycles. The number of amides is 2. The number of carbonyl (C=O) groups is 2. The molecule has 2 N–H and O–H groups in total. The fraction of sp³-hybridized carbons (Fsp3) is 0.125. The fourth-order valence-corrected chi connectivity index (χ4v) is 5.08. The molecule has 4 rings (SSSR count). The molecule has 1 heterocycles. The predicted octanol–water partition coefficient (Wildman–Crippen LogP) is 6.33. The van der Waals surface area contributed by atoms with Crippen molar-refractivity contribution in [2.75, 3.05) is 23.0 Å². The van der Waals surface area contributed by atoms with E-state index in [0.717, 1.165) is 20.3 Å². The van der Waals surface area contributed by atoms with Crippen LogP contribution in [0.25, 0.3) is 10.2 Å². The van der Waals surface area contributed by atoms with Gasteiger partial charge in [-0.2, -0.15) is 0 Å². The van der Waals surface area contributed by atoms with Gasteiger partial charge in [0.25, 0.3) is 5.91 Å². The second-order valence-corrected chi connectivity index (χ2v) is 9.55. The van der Waals surface area contributed by atoms with Gasteiger partial charge in [-0.05, 0) is 61.5 Å². The van der Waals surface area contributed by atoms with Crippen LogP contribution in [-0.2, 0) is 4.79 Å². The molecule has 9 heteroatoms. The Hall–Kier alpha value is -3.07. The van der Waals surface area contributed by atoms with Crippen LogP contribution in [0.3, 0.4) is 0 Å². The number of rotatable bonds is 8. The van der Waals surface area contributed by atoms with E-state index in [1.165, 1.54) is 23.1 Å². The Morgan fingerprint density at radius 3 is 2.61 bits per heavy atom. The van der Waals surface area contributed by atoms with Gasteiger partial charge in [-0.15, -0.1) is 11.3 Å². The van der Waals surface area contributed by atoms with Crippen molar-refractivity contribution in [3.63, 3.8) is 0 Å². The summed E-state index contributed by atoms with van der Waals surface area (Å²) >= 11 is 8.91. The summed E-state index contributed by atoms with van der Waals surface area (Å²) in [6.45, 7) is 2.49. The Morgan fingerprint density at radius 1 is 1.06 bits per heavy atom. The first-order chi connectivity index (χ1) is 16.0. The highest BCUT2D eigenvalue weighted by molar-refractivity contribution is 8.01. The lowest BCUT2D eigenvalue weighted by molar-refractivity contribution is -0.113. The average molecular weight is 498 g/mol. The predicted molar refractivity (Wildman–Crippen MR) is 136 cm³/mol. The zero-order valence-corrected chi connectivity index (χ0v) is 20.0. The van der Waals surface area contributed by atoms with E-state index in [-0.39, 0.29) is 17.6 Å². The third kappa shape index (κ3) is 6.04. The van der Waals surface area contributed by atoms with Crippen LogP contribution in [0.4, 0.5) is 11.4 Å². The van der Waals surface area contributed by atoms with Gasteiger partial charge in [0.1, 0.15) is 5.75 Å². The van der Waals surface area contributed by atoms with E-state index >= 15 is 0 Å². The molecular formula is C24H20ClN3O3S2. The van der Waals surface area contributed by atoms with Crippen LogP contribution in [-0.4, -0.2) is 29.2 Å². The molecule has 0 bridgehead atoms. The van der Waals surface area contributed by atoms with Gasteiger partial charge in [0.2, 0.25) is 5.91 Å². The summed E-state index contributed by atoms with van der Waals surface area (Å²) in [5.41, 5.74) is 2.62. The number of hydrogen-bond donors (Lipinski definition) is 2. The molecule has 6 nitrogen and oxygen atoms in total. The monoisotopic (exact) mass is 497 g/mol. The zero-order chi connectivity index (χ0) is 23.2. The number of para-hydroxylation sites is 1. The number of thioether (sulfide) groups is 1. The quantitative estimate of drug-likeness (QED) is 0.278. The van der Waals surface area contributed by atoms with Gasteiger partial charge in [0, 0.05) is 11.3 Å². The highest BCUT2D eigenvalue weighted by Crippen LogP contribution is 2.31. The van der Waals surface area contributed by atoms with Crippen LogP contribution >= 0.6 is 34.7 Å². The van der Waals surface area contributed by atoms with Gasteiger partial charge < -0.3 is 15.4 Å². The highest BCUT2D eigenvalue weighted by Gasteiger charge is 2.11. The molecule has 33 heavy (non-hydrogen) atoms. The van der Waals surface area contributed by atoms with Gasteiger partial charge in [-0.3, -0.25) is 9.59 Å². The van der Waals surface area contributed by atoms with E-state index in [1.807, 2.05) is 37.3 Å². The first kappa shape index (κ1) is 23.1. The normalized spacial score (nSPS) is 10.7. The summed E-state index contributed by atoms with van der Waals surface area (Å²) in [5, 5.41) is 6.21. The Morgan fingerprint density at radius 2 is 1.85 bits per heavy atom. The smallest absolute Gasteiger partial charge is 0.255 e. The molecule has 0 radical (unpaired) electrons. The number of benzene rings is 3. The van der Waals surface area contributed by atoms with Crippen LogP contribution in [0.15, 0.2) is 71.1 Å². The van der Waals surface area contributed by atoms with Gasteiger partial charge >= 0.3 is 0 Å². The van der Waals surface area contributed by atoms with E-state index in [2.05, 4.69) is 15.6 Å². The molecule has 2 amide bonds. The molecule has 0 spiro atoms. The average Bonchev–Trinajstić information content (AvgIpc) is 3.22. The van der Waals surface area contributed by atoms with Crippen LogP contribution < -0.4 is 15.4 Å². The topological polar surface area (TPSA) is 80.3 Å². The lowest BCUT2D eigenvalue weighted by Crippen LogP contribution is -2.14. The van der Waals surface area contributed by atoms with Gasteiger partial charge in [-0.1, -0.05) is 35.5 Å². The van der Waals surface area contributed by atoms with Crippen molar-refractivity contribution >= 4 is 68.1 Å². The second-order valence-electron chi connectivity index (χ2n) is 6.89. The number of aromatic nitrogens is 1. The zero-order valence-electron chi connectivity index (χ0n) is 17.6. The Bertz CT molecular complexity index is 1290. The number of halogens is 1. The summed E-state index contributed by atoms with van der Waals surface area (Å²) in [4.78, 5) is 29.4. The highest BCUT2D eigenvalue weighted by atomic mass is 35.5. The fourth-order valence-electron chi connectivity index (χ4n) is 2.99. The summed E-state index contributed by atoms with van der Waals surface area (Å²) in [6.07, 6.45) is 0. The molecule has 4 aromatic rings. The molecular weight excluding hydrogens is 478 g/mol. The molecule has 0 aliphatic rings. The summed E-state index contributed by atoms with van der Waals surface area (Å²) in [5.74, 6) is 0.584. The number of thiazole rings is 1. The maximum absolute atomic E-state index is 12.6. The van der Waals surface area contributed by atoms with E-state index < -0.39 is 0 Å². The van der Waals surface area contributed by atoms with Gasteiger partial charge in [0.05, 0.1) is 33.3 Å². The van der Waals surface area contributed by atoms with Crippen LogP contribution in [0, 0.1) is 0 Å². The van der Waals surface area contributed by atoms with Crippen LogP contribution in [0.5, 0.6) is 5.75 Å². The van der Waals surface area contributed by atoms with E-state index in [4.69, 9.17) is 16.3 Å². The number of carbonyl (C=O) groups excluding carboxylic acids is 2. The summed E-state index contributed by atoms with van der Waals surface area (Å²) in [6, 6.07) is 19.7. The summed E-state index contributed by atoms with van der Waals surface area (Å²) in [7, 11) is 0. The molecule has 0 fully saturated rings. The Kier molecular flexibility index (Phi) is 7.49. The molecule has 3 aromatic carbocycles. The molecule has 168 valence electrons. The van der Waals surface area contributed by atoms with Crippen LogP contribution in [0.2, 0.25) is 5.02 Å². The molecule has 0 atom stereocenters. The summed E-state index contributed by atoms with van der Waals surface area (Å²) < 4.78 is 7.11. The molecule has 0 aliphatic carbocycles. The number of nitrogens with zero attached hydrogens (tertiary/aromatic N) is 1. The number of fused-ring (bicyclic) bond motifs is 1. The number of nitrogens with one attached hydrogen (secondary N) is 2. The SMILES string of the molecule is CCOc1ccc(C(=O)Nc2ccc3nc(SCC(=O)Nc4ccccc4Cl)sc3c2)cc1. The van der Waals surface area contributed by atoms with Gasteiger partial charge in [-0.25, -0.2) is 4.98 Å². The minimum Gasteiger partial charge on any atom is -0.494 e. The number of anilines is 2. The largest absolute Gasteiger partial charge is 0.494 e. The van der Waals surface area contributed by atoms with Crippen molar-refractivity contribution in [1.29, 1.82) is 0 Å². The second kappa shape index (κ2) is 10.7. The lowest BCUT2D eigenvalue weighted by atomic mass is 10.2. The first-order valence-corrected chi connectivity index (χ1v) is 12.3. The van der Waals surface area contributed by atoms with Gasteiger partial charge in [0.15, 0.2) is 4.34 Å². The van der Waals surface area contributed by atoms with E-state index in [1.54, 1.807) is 36.4 Å². The Labute approximate surface area is 204 Å². The standard InChI is InChI=1S/C24H20ClN3O3S2/c1-2-31-17-10-7-15(8-11-17)23(30)26-16-9-12-20-21(13-16)33-24(28-20)32-14-22(29)27-19-6-4-3-5-18(19)25/h3-13H,2,14H2,1H3,(H,26,30)(H,27,29). The van der Waals surface area contributed by atoms with E-state index in [0.29, 0.717) is 28.6 Å². The van der Waals surface area contributed by atoms with Crippen molar-refractivity contribution in [1.82, 2.24) is 4.98 Å². The Balaban J connectivity index is 1.37. The molecule has 0 aliphatic heterocycles. The first-order valence-electron chi connectivity index (χ1n) is 10.1. The third-order valence-electron chi connectivity index (χ3n) is 4.53. The maximum atomic E-state index is 12.6. The lowest BCUT2D eigenvalue weighted by Gasteiger charge is -2.07. The van der Waals surface area contributed by atoms with Crippen molar-refractivity contribution in [3.8, 4) is 5.75 Å². The van der Waals surface area contributed by atoms with Crippen molar-refractivity contribution in [3.05, 3.63) is 77.3 Å². The van der Waals surface area contributed by atoms with Crippen molar-refractivity contribution < 1.29 is 14.3 Å². The minimum absolute atomic E-state index is 0.157. The minimum atomic E-state index is -0.201. The van der Waals surface area contributed by atoms with Crippen LogP contribution in [0.1, 0.15) is 17.3 Å². The van der Waals surface area contributed by atoms with Crippen molar-refractivity contribution in [2.24, 2.45) is 0 Å².